The number of aromatic nitrogens is 1. The van der Waals surface area contributed by atoms with E-state index in [-0.39, 0.29) is 11.8 Å². The molecule has 0 aliphatic carbocycles. The van der Waals surface area contributed by atoms with Crippen LogP contribution in [-0.4, -0.2) is 49.0 Å². The van der Waals surface area contributed by atoms with Gasteiger partial charge < -0.3 is 14.4 Å². The summed E-state index contributed by atoms with van der Waals surface area (Å²) in [6.45, 7) is 3.65. The third-order valence-corrected chi connectivity index (χ3v) is 5.26. The van der Waals surface area contributed by atoms with E-state index in [2.05, 4.69) is 17.2 Å². The van der Waals surface area contributed by atoms with Crippen molar-refractivity contribution in [3.8, 4) is 11.5 Å². The fourth-order valence-corrected chi connectivity index (χ4v) is 3.75. The van der Waals surface area contributed by atoms with Crippen LogP contribution in [0.4, 0.5) is 5.13 Å². The molecule has 3 rings (SSSR count). The van der Waals surface area contributed by atoms with Gasteiger partial charge in [-0.15, -0.1) is 11.3 Å². The second-order valence-corrected chi connectivity index (χ2v) is 7.45. The SMILES string of the molecule is COc1cc(OC)cc(C(=O)Nc2nc(C(=O)N3CCCC(C)C3)cs2)c1. The molecule has 1 fully saturated rings. The molecule has 1 atom stereocenters. The fourth-order valence-electron chi connectivity index (χ4n) is 3.07. The number of piperidine rings is 1. The molecule has 1 saturated heterocycles. The van der Waals surface area contributed by atoms with Gasteiger partial charge in [0.2, 0.25) is 0 Å². The Kier molecular flexibility index (Phi) is 5.95. The lowest BCUT2D eigenvalue weighted by molar-refractivity contribution is 0.0677. The number of hydrogen-bond donors (Lipinski definition) is 1. The summed E-state index contributed by atoms with van der Waals surface area (Å²) in [5.41, 5.74) is 0.756. The zero-order valence-electron chi connectivity index (χ0n) is 15.7. The number of methoxy groups -OCH3 is 2. The van der Waals surface area contributed by atoms with Crippen LogP contribution in [0.25, 0.3) is 0 Å². The third-order valence-electron chi connectivity index (χ3n) is 4.50. The number of benzene rings is 1. The highest BCUT2D eigenvalue weighted by Crippen LogP contribution is 2.25. The predicted octanol–water partition coefficient (Wildman–Crippen LogP) is 3.28. The number of carbonyl (C=O) groups excluding carboxylic acids is 2. The monoisotopic (exact) mass is 389 g/mol. The largest absolute Gasteiger partial charge is 0.497 e. The van der Waals surface area contributed by atoms with Crippen molar-refractivity contribution in [3.05, 3.63) is 34.8 Å². The van der Waals surface area contributed by atoms with Gasteiger partial charge in [-0.25, -0.2) is 4.98 Å². The number of likely N-dealkylation sites (tertiary alicyclic amines) is 1. The van der Waals surface area contributed by atoms with Crippen LogP contribution < -0.4 is 14.8 Å². The first-order valence-corrected chi connectivity index (χ1v) is 9.67. The minimum Gasteiger partial charge on any atom is -0.497 e. The molecule has 0 spiro atoms. The zero-order chi connectivity index (χ0) is 19.4. The van der Waals surface area contributed by atoms with E-state index in [0.29, 0.717) is 33.8 Å². The van der Waals surface area contributed by atoms with Gasteiger partial charge in [0.05, 0.1) is 14.2 Å². The third kappa shape index (κ3) is 4.57. The van der Waals surface area contributed by atoms with Crippen LogP contribution in [-0.2, 0) is 0 Å². The van der Waals surface area contributed by atoms with E-state index >= 15 is 0 Å². The first kappa shape index (κ1) is 19.2. The molecule has 2 aromatic rings. The summed E-state index contributed by atoms with van der Waals surface area (Å²) in [6, 6.07) is 4.93. The normalized spacial score (nSPS) is 16.7. The molecule has 7 nitrogen and oxygen atoms in total. The average molecular weight is 389 g/mol. The Bertz CT molecular complexity index is 814. The zero-order valence-corrected chi connectivity index (χ0v) is 16.5. The Morgan fingerprint density at radius 2 is 1.93 bits per heavy atom. The molecule has 0 radical (unpaired) electrons. The average Bonchev–Trinajstić information content (AvgIpc) is 3.15. The van der Waals surface area contributed by atoms with Crippen molar-refractivity contribution in [1.82, 2.24) is 9.88 Å². The summed E-state index contributed by atoms with van der Waals surface area (Å²) >= 11 is 1.23. The van der Waals surface area contributed by atoms with Crippen LogP contribution in [0.1, 0.15) is 40.6 Å². The van der Waals surface area contributed by atoms with Crippen molar-refractivity contribution < 1.29 is 19.1 Å². The fraction of sp³-hybridized carbons (Fsp3) is 0.421. The van der Waals surface area contributed by atoms with Gasteiger partial charge in [0.15, 0.2) is 5.13 Å². The van der Waals surface area contributed by atoms with E-state index in [1.54, 1.807) is 23.6 Å². The highest BCUT2D eigenvalue weighted by molar-refractivity contribution is 7.14. The number of anilines is 1. The van der Waals surface area contributed by atoms with Crippen LogP contribution in [0.3, 0.4) is 0 Å². The first-order chi connectivity index (χ1) is 13.0. The van der Waals surface area contributed by atoms with E-state index in [1.165, 1.54) is 25.6 Å². The Hall–Kier alpha value is -2.61. The molecule has 1 unspecified atom stereocenters. The standard InChI is InChI=1S/C19H23N3O4S/c1-12-5-4-6-22(10-12)18(24)16-11-27-19(20-16)21-17(23)13-7-14(25-2)9-15(8-13)26-3/h7-9,11-12H,4-6,10H2,1-3H3,(H,20,21,23). The van der Waals surface area contributed by atoms with E-state index in [0.717, 1.165) is 25.9 Å². The lowest BCUT2D eigenvalue weighted by atomic mass is 10.0. The molecule has 8 heteroatoms. The van der Waals surface area contributed by atoms with Gasteiger partial charge in [0, 0.05) is 30.1 Å². The molecule has 2 amide bonds. The van der Waals surface area contributed by atoms with E-state index in [4.69, 9.17) is 9.47 Å². The minimum absolute atomic E-state index is 0.0821. The molecule has 1 aromatic heterocycles. The smallest absolute Gasteiger partial charge is 0.273 e. The minimum atomic E-state index is -0.341. The molecule has 0 bridgehead atoms. The molecule has 2 heterocycles. The molecule has 27 heavy (non-hydrogen) atoms. The second-order valence-electron chi connectivity index (χ2n) is 6.59. The molecule has 1 aliphatic heterocycles. The lowest BCUT2D eigenvalue weighted by Crippen LogP contribution is -2.39. The summed E-state index contributed by atoms with van der Waals surface area (Å²) < 4.78 is 10.4. The van der Waals surface area contributed by atoms with Crippen molar-refractivity contribution in [2.45, 2.75) is 19.8 Å². The number of carbonyl (C=O) groups is 2. The first-order valence-electron chi connectivity index (χ1n) is 8.79. The number of ether oxygens (including phenoxy) is 2. The van der Waals surface area contributed by atoms with Crippen LogP contribution in [0.2, 0.25) is 0 Å². The number of rotatable bonds is 5. The maximum absolute atomic E-state index is 12.6. The summed E-state index contributed by atoms with van der Waals surface area (Å²) in [5.74, 6) is 1.12. The van der Waals surface area contributed by atoms with Gasteiger partial charge in [-0.2, -0.15) is 0 Å². The van der Waals surface area contributed by atoms with Gasteiger partial charge in [0.1, 0.15) is 17.2 Å². The highest BCUT2D eigenvalue weighted by Gasteiger charge is 2.24. The van der Waals surface area contributed by atoms with E-state index in [1.807, 2.05) is 4.90 Å². The van der Waals surface area contributed by atoms with Crippen molar-refractivity contribution >= 4 is 28.3 Å². The summed E-state index contributed by atoms with van der Waals surface area (Å²) in [5, 5.41) is 4.80. The van der Waals surface area contributed by atoms with Gasteiger partial charge in [-0.05, 0) is 30.9 Å². The summed E-state index contributed by atoms with van der Waals surface area (Å²) in [4.78, 5) is 31.3. The van der Waals surface area contributed by atoms with E-state index < -0.39 is 0 Å². The van der Waals surface area contributed by atoms with Crippen molar-refractivity contribution in [1.29, 1.82) is 0 Å². The predicted molar refractivity (Wildman–Crippen MR) is 104 cm³/mol. The maximum Gasteiger partial charge on any atom is 0.273 e. The highest BCUT2D eigenvalue weighted by atomic mass is 32.1. The summed E-state index contributed by atoms with van der Waals surface area (Å²) in [7, 11) is 3.05. The van der Waals surface area contributed by atoms with Crippen molar-refractivity contribution in [3.63, 3.8) is 0 Å². The van der Waals surface area contributed by atoms with Gasteiger partial charge in [0.25, 0.3) is 11.8 Å². The summed E-state index contributed by atoms with van der Waals surface area (Å²) in [6.07, 6.45) is 2.16. The molecule has 0 saturated carbocycles. The number of nitrogens with zero attached hydrogens (tertiary/aromatic N) is 2. The second kappa shape index (κ2) is 8.39. The number of amides is 2. The van der Waals surface area contributed by atoms with Crippen LogP contribution in [0, 0.1) is 5.92 Å². The Morgan fingerprint density at radius 3 is 2.56 bits per heavy atom. The van der Waals surface area contributed by atoms with E-state index in [9.17, 15) is 9.59 Å². The molecule has 1 aliphatic rings. The van der Waals surface area contributed by atoms with Crippen LogP contribution in [0.15, 0.2) is 23.6 Å². The van der Waals surface area contributed by atoms with Gasteiger partial charge in [-0.1, -0.05) is 6.92 Å². The molecular formula is C19H23N3O4S. The topological polar surface area (TPSA) is 80.8 Å². The number of nitrogens with one attached hydrogen (secondary N) is 1. The van der Waals surface area contributed by atoms with Crippen LogP contribution in [0.5, 0.6) is 11.5 Å². The lowest BCUT2D eigenvalue weighted by Gasteiger charge is -2.30. The maximum atomic E-state index is 12.6. The van der Waals surface area contributed by atoms with Gasteiger partial charge >= 0.3 is 0 Å². The molecular weight excluding hydrogens is 366 g/mol. The number of hydrogen-bond acceptors (Lipinski definition) is 6. The van der Waals surface area contributed by atoms with Crippen molar-refractivity contribution in [2.24, 2.45) is 5.92 Å². The molecule has 1 aromatic carbocycles. The van der Waals surface area contributed by atoms with Crippen molar-refractivity contribution in [2.75, 3.05) is 32.6 Å². The Labute approximate surface area is 162 Å². The Balaban J connectivity index is 1.70. The molecule has 1 N–H and O–H groups in total. The van der Waals surface area contributed by atoms with Crippen LogP contribution >= 0.6 is 11.3 Å². The van der Waals surface area contributed by atoms with Gasteiger partial charge in [-0.3, -0.25) is 14.9 Å². The molecule has 144 valence electrons. The Morgan fingerprint density at radius 1 is 1.22 bits per heavy atom. The quantitative estimate of drug-likeness (QED) is 0.849. The number of thiazole rings is 1.